The first-order valence-electron chi connectivity index (χ1n) is 2.92. The fourth-order valence-electron chi connectivity index (χ4n) is 0.357. The van der Waals surface area contributed by atoms with Crippen LogP contribution in [0.1, 0.15) is 13.3 Å². The minimum Gasteiger partial charge on any atom is -0.377 e. The SMILES string of the molecule is [CH2]CCNC(=O)OC(C)=O. The van der Waals surface area contributed by atoms with Crippen LogP contribution in [0.4, 0.5) is 4.79 Å². The van der Waals surface area contributed by atoms with Crippen molar-refractivity contribution < 1.29 is 14.3 Å². The number of ether oxygens (including phenoxy) is 1. The summed E-state index contributed by atoms with van der Waals surface area (Å²) in [7, 11) is 0. The smallest absolute Gasteiger partial charge is 0.377 e. The summed E-state index contributed by atoms with van der Waals surface area (Å²) in [6.07, 6.45) is -0.136. The van der Waals surface area contributed by atoms with E-state index in [9.17, 15) is 9.59 Å². The van der Waals surface area contributed by atoms with Gasteiger partial charge in [0.25, 0.3) is 0 Å². The minimum absolute atomic E-state index is 0.423. The van der Waals surface area contributed by atoms with E-state index in [1.165, 1.54) is 6.92 Å². The van der Waals surface area contributed by atoms with E-state index in [1.54, 1.807) is 0 Å². The van der Waals surface area contributed by atoms with Crippen molar-refractivity contribution in [2.45, 2.75) is 13.3 Å². The largest absolute Gasteiger partial charge is 0.414 e. The van der Waals surface area contributed by atoms with Crippen LogP contribution in [0, 0.1) is 6.92 Å². The van der Waals surface area contributed by atoms with E-state index in [0.29, 0.717) is 13.0 Å². The zero-order chi connectivity index (χ0) is 7.98. The molecule has 0 fully saturated rings. The van der Waals surface area contributed by atoms with E-state index in [-0.39, 0.29) is 0 Å². The Hall–Kier alpha value is -1.06. The number of esters is 1. The summed E-state index contributed by atoms with van der Waals surface area (Å²) in [5.41, 5.74) is 0. The normalized spacial score (nSPS) is 8.60. The lowest BCUT2D eigenvalue weighted by Crippen LogP contribution is -2.26. The Balaban J connectivity index is 3.35. The summed E-state index contributed by atoms with van der Waals surface area (Å²) in [4.78, 5) is 20.5. The quantitative estimate of drug-likeness (QED) is 0.453. The van der Waals surface area contributed by atoms with Gasteiger partial charge in [0.2, 0.25) is 0 Å². The van der Waals surface area contributed by atoms with Crippen LogP contribution in [0.2, 0.25) is 0 Å². The molecule has 0 heterocycles. The first kappa shape index (κ1) is 8.94. The van der Waals surface area contributed by atoms with E-state index >= 15 is 0 Å². The summed E-state index contributed by atoms with van der Waals surface area (Å²) in [6.45, 7) is 5.07. The third-order valence-electron chi connectivity index (χ3n) is 0.683. The number of hydrogen-bond acceptors (Lipinski definition) is 3. The maximum atomic E-state index is 10.4. The average Bonchev–Trinajstić information content (AvgIpc) is 1.82. The van der Waals surface area contributed by atoms with Crippen LogP contribution in [0.3, 0.4) is 0 Å². The van der Waals surface area contributed by atoms with Gasteiger partial charge in [-0.15, -0.1) is 0 Å². The molecule has 0 unspecified atom stereocenters. The number of rotatable bonds is 2. The van der Waals surface area contributed by atoms with E-state index in [2.05, 4.69) is 17.0 Å². The molecule has 0 bridgehead atoms. The second-order valence-corrected chi connectivity index (χ2v) is 1.66. The molecule has 4 nitrogen and oxygen atoms in total. The Morgan fingerprint density at radius 1 is 1.60 bits per heavy atom. The van der Waals surface area contributed by atoms with Gasteiger partial charge in [0.1, 0.15) is 0 Å². The van der Waals surface area contributed by atoms with Gasteiger partial charge < -0.3 is 10.1 Å². The summed E-state index contributed by atoms with van der Waals surface area (Å²) in [6, 6.07) is 0. The fourth-order valence-corrected chi connectivity index (χ4v) is 0.357. The highest BCUT2D eigenvalue weighted by molar-refractivity contribution is 5.82. The molecule has 0 saturated carbocycles. The molecule has 0 aliphatic carbocycles. The summed E-state index contributed by atoms with van der Waals surface area (Å²) in [5, 5.41) is 2.32. The van der Waals surface area contributed by atoms with Crippen molar-refractivity contribution in [3.05, 3.63) is 6.92 Å². The molecule has 0 atom stereocenters. The fraction of sp³-hybridized carbons (Fsp3) is 0.500. The van der Waals surface area contributed by atoms with E-state index in [4.69, 9.17) is 0 Å². The van der Waals surface area contributed by atoms with Crippen LogP contribution < -0.4 is 5.32 Å². The van der Waals surface area contributed by atoms with E-state index < -0.39 is 12.1 Å². The molecular weight excluding hydrogens is 134 g/mol. The molecule has 0 aliphatic rings. The Kier molecular flexibility index (Phi) is 4.28. The second kappa shape index (κ2) is 4.78. The van der Waals surface area contributed by atoms with E-state index in [1.807, 2.05) is 0 Å². The zero-order valence-corrected chi connectivity index (χ0v) is 5.85. The third-order valence-corrected chi connectivity index (χ3v) is 0.683. The highest BCUT2D eigenvalue weighted by atomic mass is 16.6. The molecule has 0 aromatic carbocycles. The van der Waals surface area contributed by atoms with Gasteiger partial charge in [0.05, 0.1) is 0 Å². The molecule has 0 spiro atoms. The topological polar surface area (TPSA) is 55.4 Å². The first-order valence-corrected chi connectivity index (χ1v) is 2.92. The summed E-state index contributed by atoms with van der Waals surface area (Å²) in [5.74, 6) is -0.610. The second-order valence-electron chi connectivity index (χ2n) is 1.66. The van der Waals surface area contributed by atoms with Gasteiger partial charge in [-0.3, -0.25) is 4.79 Å². The molecule has 1 amide bonds. The minimum atomic E-state index is -0.712. The molecule has 1 N–H and O–H groups in total. The van der Waals surface area contributed by atoms with Gasteiger partial charge >= 0.3 is 12.1 Å². The molecular formula is C6H10NO3. The van der Waals surface area contributed by atoms with Crippen LogP contribution >= 0.6 is 0 Å². The van der Waals surface area contributed by atoms with Gasteiger partial charge in [-0.1, -0.05) is 6.92 Å². The molecule has 10 heavy (non-hydrogen) atoms. The predicted octanol–water partition coefficient (Wildman–Crippen LogP) is 0.483. The Bertz CT molecular complexity index is 133. The summed E-state index contributed by atoms with van der Waals surface area (Å²) >= 11 is 0. The monoisotopic (exact) mass is 144 g/mol. The number of carbonyl (C=O) groups is 2. The van der Waals surface area contributed by atoms with Crippen LogP contribution in [0.5, 0.6) is 0 Å². The number of hydrogen-bond donors (Lipinski definition) is 1. The molecule has 0 rings (SSSR count). The van der Waals surface area contributed by atoms with Gasteiger partial charge in [0.15, 0.2) is 0 Å². The van der Waals surface area contributed by atoms with Crippen LogP contribution in [-0.4, -0.2) is 18.6 Å². The van der Waals surface area contributed by atoms with Crippen molar-refractivity contribution in [2.75, 3.05) is 6.54 Å². The van der Waals surface area contributed by atoms with Crippen LogP contribution in [0.25, 0.3) is 0 Å². The highest BCUT2D eigenvalue weighted by Crippen LogP contribution is 1.78. The summed E-state index contributed by atoms with van der Waals surface area (Å²) < 4.78 is 4.14. The number of nitrogens with one attached hydrogen (secondary N) is 1. The van der Waals surface area contributed by atoms with Crippen molar-refractivity contribution in [1.82, 2.24) is 5.32 Å². The van der Waals surface area contributed by atoms with Crippen molar-refractivity contribution >= 4 is 12.1 Å². The highest BCUT2D eigenvalue weighted by Gasteiger charge is 2.01. The molecule has 0 aromatic rings. The Labute approximate surface area is 59.6 Å². The molecule has 0 aliphatic heterocycles. The van der Waals surface area contributed by atoms with Gasteiger partial charge in [-0.2, -0.15) is 0 Å². The number of alkyl carbamates (subject to hydrolysis) is 1. The van der Waals surface area contributed by atoms with Gasteiger partial charge in [0, 0.05) is 13.5 Å². The van der Waals surface area contributed by atoms with Crippen molar-refractivity contribution in [3.63, 3.8) is 0 Å². The van der Waals surface area contributed by atoms with Crippen LogP contribution in [0.15, 0.2) is 0 Å². The predicted molar refractivity (Wildman–Crippen MR) is 35.1 cm³/mol. The van der Waals surface area contributed by atoms with Crippen molar-refractivity contribution in [3.8, 4) is 0 Å². The lowest BCUT2D eigenvalue weighted by Gasteiger charge is -1.99. The van der Waals surface area contributed by atoms with Crippen LogP contribution in [-0.2, 0) is 9.53 Å². The lowest BCUT2D eigenvalue weighted by atomic mass is 10.5. The molecule has 0 aromatic heterocycles. The number of amides is 1. The maximum absolute atomic E-state index is 10.4. The van der Waals surface area contributed by atoms with E-state index in [0.717, 1.165) is 0 Å². The van der Waals surface area contributed by atoms with Gasteiger partial charge in [-0.05, 0) is 6.42 Å². The molecule has 4 heteroatoms. The average molecular weight is 144 g/mol. The standard InChI is InChI=1S/C6H10NO3/c1-3-4-7-6(9)10-5(2)8/h1,3-4H2,2H3,(H,7,9). The third kappa shape index (κ3) is 5.08. The lowest BCUT2D eigenvalue weighted by molar-refractivity contribution is -0.134. The van der Waals surface area contributed by atoms with Gasteiger partial charge in [-0.25, -0.2) is 4.79 Å². The number of carbonyl (C=O) groups excluding carboxylic acids is 2. The molecule has 0 saturated heterocycles. The van der Waals surface area contributed by atoms with Crippen molar-refractivity contribution in [1.29, 1.82) is 0 Å². The molecule has 1 radical (unpaired) electrons. The molecule has 57 valence electrons. The Morgan fingerprint density at radius 2 is 2.20 bits per heavy atom. The Morgan fingerprint density at radius 3 is 2.60 bits per heavy atom. The maximum Gasteiger partial charge on any atom is 0.414 e. The van der Waals surface area contributed by atoms with Crippen molar-refractivity contribution in [2.24, 2.45) is 0 Å². The zero-order valence-electron chi connectivity index (χ0n) is 5.85. The first-order chi connectivity index (χ1) is 4.66.